The Labute approximate surface area is 114 Å². The lowest BCUT2D eigenvalue weighted by Gasteiger charge is -2.06. The Balaban J connectivity index is 2.25. The first-order valence-electron chi connectivity index (χ1n) is 5.46. The van der Waals surface area contributed by atoms with Crippen molar-refractivity contribution in [2.75, 3.05) is 12.8 Å². The van der Waals surface area contributed by atoms with Crippen LogP contribution in [-0.2, 0) is 0 Å². The Hall–Kier alpha value is -2.21. The number of nitrogens with zero attached hydrogens (tertiary/aromatic N) is 1. The predicted molar refractivity (Wildman–Crippen MR) is 74.6 cm³/mol. The summed E-state index contributed by atoms with van der Waals surface area (Å²) < 4.78 is 5.14. The van der Waals surface area contributed by atoms with Gasteiger partial charge in [0.1, 0.15) is 5.75 Å². The molecule has 2 N–H and O–H groups in total. The van der Waals surface area contributed by atoms with E-state index in [1.807, 2.05) is 24.3 Å². The fourth-order valence-corrected chi connectivity index (χ4v) is 2.42. The fourth-order valence-electron chi connectivity index (χ4n) is 1.53. The van der Waals surface area contributed by atoms with Crippen LogP contribution in [0.25, 0.3) is 0 Å². The van der Waals surface area contributed by atoms with E-state index in [4.69, 9.17) is 10.5 Å². The number of nitrogen functional groups attached to an aromatic ring is 1. The summed E-state index contributed by atoms with van der Waals surface area (Å²) in [4.78, 5) is 11.9. The van der Waals surface area contributed by atoms with E-state index in [2.05, 4.69) is 0 Å². The molecule has 0 unspecified atom stereocenters. The molecule has 0 aliphatic heterocycles. The standard InChI is InChI=1S/C13H12N2O3S/c1-18-10-3-2-4-11(8-10)19-13-6-5-9(15(16)17)7-12(13)14/h2-8H,14H2,1H3. The molecular formula is C13H12N2O3S. The molecule has 0 heterocycles. The topological polar surface area (TPSA) is 78.4 Å². The van der Waals surface area contributed by atoms with Gasteiger partial charge in [-0.25, -0.2) is 0 Å². The molecule has 0 amide bonds. The Morgan fingerprint density at radius 2 is 2.05 bits per heavy atom. The molecule has 0 saturated carbocycles. The number of hydrogen-bond acceptors (Lipinski definition) is 5. The minimum Gasteiger partial charge on any atom is -0.497 e. The van der Waals surface area contributed by atoms with Crippen molar-refractivity contribution in [1.82, 2.24) is 0 Å². The van der Waals surface area contributed by atoms with Gasteiger partial charge in [0.15, 0.2) is 0 Å². The van der Waals surface area contributed by atoms with E-state index in [9.17, 15) is 10.1 Å². The molecule has 6 heteroatoms. The van der Waals surface area contributed by atoms with E-state index in [1.54, 1.807) is 13.2 Å². The monoisotopic (exact) mass is 276 g/mol. The molecular weight excluding hydrogens is 264 g/mol. The Morgan fingerprint density at radius 3 is 2.68 bits per heavy atom. The smallest absolute Gasteiger partial charge is 0.271 e. The van der Waals surface area contributed by atoms with Crippen LogP contribution in [0.3, 0.4) is 0 Å². The van der Waals surface area contributed by atoms with Crippen LogP contribution in [0.15, 0.2) is 52.3 Å². The zero-order valence-electron chi connectivity index (χ0n) is 10.2. The van der Waals surface area contributed by atoms with Gasteiger partial charge in [-0.15, -0.1) is 0 Å². The molecule has 0 aromatic heterocycles. The minimum atomic E-state index is -0.462. The first-order chi connectivity index (χ1) is 9.10. The van der Waals surface area contributed by atoms with Gasteiger partial charge >= 0.3 is 0 Å². The molecule has 98 valence electrons. The Kier molecular flexibility index (Phi) is 3.91. The van der Waals surface area contributed by atoms with Crippen LogP contribution in [0.4, 0.5) is 11.4 Å². The molecule has 0 aliphatic carbocycles. The number of non-ortho nitro benzene ring substituents is 1. The van der Waals surface area contributed by atoms with Crippen molar-refractivity contribution in [3.05, 3.63) is 52.6 Å². The number of rotatable bonds is 4. The Morgan fingerprint density at radius 1 is 1.26 bits per heavy atom. The molecule has 2 rings (SSSR count). The van der Waals surface area contributed by atoms with E-state index in [0.29, 0.717) is 5.69 Å². The minimum absolute atomic E-state index is 0.00695. The fraction of sp³-hybridized carbons (Fsp3) is 0.0769. The zero-order valence-corrected chi connectivity index (χ0v) is 11.0. The van der Waals surface area contributed by atoms with Gasteiger partial charge in [-0.3, -0.25) is 10.1 Å². The van der Waals surface area contributed by atoms with Crippen molar-refractivity contribution in [2.24, 2.45) is 0 Å². The van der Waals surface area contributed by atoms with Gasteiger partial charge in [0.05, 0.1) is 17.7 Å². The molecule has 19 heavy (non-hydrogen) atoms. The summed E-state index contributed by atoms with van der Waals surface area (Å²) in [6.07, 6.45) is 0. The van der Waals surface area contributed by atoms with Crippen molar-refractivity contribution in [1.29, 1.82) is 0 Å². The highest BCUT2D eigenvalue weighted by Gasteiger charge is 2.09. The molecule has 5 nitrogen and oxygen atoms in total. The molecule has 0 atom stereocenters. The summed E-state index contributed by atoms with van der Waals surface area (Å²) >= 11 is 1.44. The maximum Gasteiger partial charge on any atom is 0.271 e. The first kappa shape index (κ1) is 13.2. The highest BCUT2D eigenvalue weighted by Crippen LogP contribution is 2.35. The van der Waals surface area contributed by atoms with Crippen molar-refractivity contribution < 1.29 is 9.66 Å². The number of methoxy groups -OCH3 is 1. The van der Waals surface area contributed by atoms with Gasteiger partial charge in [-0.05, 0) is 24.3 Å². The quantitative estimate of drug-likeness (QED) is 0.526. The van der Waals surface area contributed by atoms with Crippen molar-refractivity contribution >= 4 is 23.1 Å². The van der Waals surface area contributed by atoms with Gasteiger partial charge in [-0.2, -0.15) is 0 Å². The SMILES string of the molecule is COc1cccc(Sc2ccc([N+](=O)[O-])cc2N)c1. The number of nitro benzene ring substituents is 1. The third-order valence-corrected chi connectivity index (χ3v) is 3.55. The van der Waals surface area contributed by atoms with Gasteiger partial charge in [0, 0.05) is 21.9 Å². The van der Waals surface area contributed by atoms with Crippen LogP contribution in [-0.4, -0.2) is 12.0 Å². The van der Waals surface area contributed by atoms with E-state index >= 15 is 0 Å². The number of anilines is 1. The summed E-state index contributed by atoms with van der Waals surface area (Å²) in [7, 11) is 1.60. The number of benzene rings is 2. The van der Waals surface area contributed by atoms with E-state index in [-0.39, 0.29) is 5.69 Å². The average Bonchev–Trinajstić information content (AvgIpc) is 2.41. The second-order valence-electron chi connectivity index (χ2n) is 3.76. The lowest BCUT2D eigenvalue weighted by molar-refractivity contribution is -0.384. The Bertz CT molecular complexity index is 617. The summed E-state index contributed by atoms with van der Waals surface area (Å²) in [6, 6.07) is 12.0. The number of nitro groups is 1. The van der Waals surface area contributed by atoms with Crippen LogP contribution >= 0.6 is 11.8 Å². The van der Waals surface area contributed by atoms with Gasteiger partial charge in [-0.1, -0.05) is 17.8 Å². The van der Waals surface area contributed by atoms with Gasteiger partial charge < -0.3 is 10.5 Å². The summed E-state index contributed by atoms with van der Waals surface area (Å²) in [5.41, 5.74) is 6.20. The van der Waals surface area contributed by atoms with E-state index in [1.165, 1.54) is 23.9 Å². The largest absolute Gasteiger partial charge is 0.497 e. The van der Waals surface area contributed by atoms with Crippen LogP contribution in [0.2, 0.25) is 0 Å². The maximum absolute atomic E-state index is 10.6. The first-order valence-corrected chi connectivity index (χ1v) is 6.27. The summed E-state index contributed by atoms with van der Waals surface area (Å²) in [5.74, 6) is 0.755. The summed E-state index contributed by atoms with van der Waals surface area (Å²) in [5, 5.41) is 10.6. The molecule has 0 saturated heterocycles. The zero-order chi connectivity index (χ0) is 13.8. The van der Waals surface area contributed by atoms with Crippen molar-refractivity contribution in [3.8, 4) is 5.75 Å². The number of ether oxygens (including phenoxy) is 1. The van der Waals surface area contributed by atoms with Crippen molar-refractivity contribution in [3.63, 3.8) is 0 Å². The van der Waals surface area contributed by atoms with Crippen LogP contribution in [0.1, 0.15) is 0 Å². The van der Waals surface area contributed by atoms with Crippen LogP contribution in [0.5, 0.6) is 5.75 Å². The molecule has 2 aromatic rings. The molecule has 0 aliphatic rings. The maximum atomic E-state index is 10.6. The number of nitrogens with two attached hydrogens (primary N) is 1. The highest BCUT2D eigenvalue weighted by atomic mass is 32.2. The van der Waals surface area contributed by atoms with E-state index in [0.717, 1.165) is 15.5 Å². The van der Waals surface area contributed by atoms with Gasteiger partial charge in [0.2, 0.25) is 0 Å². The molecule has 0 spiro atoms. The normalized spacial score (nSPS) is 10.2. The lowest BCUT2D eigenvalue weighted by atomic mass is 10.3. The molecule has 0 bridgehead atoms. The summed E-state index contributed by atoms with van der Waals surface area (Å²) in [6.45, 7) is 0. The van der Waals surface area contributed by atoms with Crippen LogP contribution < -0.4 is 10.5 Å². The van der Waals surface area contributed by atoms with Crippen LogP contribution in [0, 0.1) is 10.1 Å². The molecule has 0 radical (unpaired) electrons. The third-order valence-electron chi connectivity index (χ3n) is 2.47. The molecule has 2 aromatic carbocycles. The second kappa shape index (κ2) is 5.62. The second-order valence-corrected chi connectivity index (χ2v) is 4.88. The highest BCUT2D eigenvalue weighted by molar-refractivity contribution is 7.99. The predicted octanol–water partition coefficient (Wildman–Crippen LogP) is 3.34. The third kappa shape index (κ3) is 3.17. The van der Waals surface area contributed by atoms with E-state index < -0.39 is 4.92 Å². The number of hydrogen-bond donors (Lipinski definition) is 1. The van der Waals surface area contributed by atoms with Crippen molar-refractivity contribution in [2.45, 2.75) is 9.79 Å². The average molecular weight is 276 g/mol. The van der Waals surface area contributed by atoms with Gasteiger partial charge in [0.25, 0.3) is 5.69 Å². The molecule has 0 fully saturated rings. The lowest BCUT2D eigenvalue weighted by Crippen LogP contribution is -1.93.